The van der Waals surface area contributed by atoms with Crippen molar-refractivity contribution >= 4 is 23.4 Å². The van der Waals surface area contributed by atoms with Crippen LogP contribution in [0, 0.1) is 5.41 Å². The Kier molecular flexibility index (Phi) is 7.56. The van der Waals surface area contributed by atoms with Crippen LogP contribution >= 0.6 is 11.6 Å². The number of carbonyl (C=O) groups is 2. The van der Waals surface area contributed by atoms with Crippen molar-refractivity contribution < 1.29 is 14.3 Å². The Morgan fingerprint density at radius 1 is 0.939 bits per heavy atom. The van der Waals surface area contributed by atoms with Crippen LogP contribution < -0.4 is 4.74 Å². The molecule has 2 aliphatic heterocycles. The summed E-state index contributed by atoms with van der Waals surface area (Å²) in [6, 6.07) is 16.7. The first-order chi connectivity index (χ1) is 15.9. The molecule has 2 amide bonds. The van der Waals surface area contributed by atoms with E-state index in [1.54, 1.807) is 24.3 Å². The molecule has 2 fully saturated rings. The van der Waals surface area contributed by atoms with Crippen LogP contribution in [0.1, 0.15) is 29.6 Å². The van der Waals surface area contributed by atoms with Gasteiger partial charge in [0.1, 0.15) is 5.75 Å². The van der Waals surface area contributed by atoms with Gasteiger partial charge in [0.25, 0.3) is 5.91 Å². The van der Waals surface area contributed by atoms with E-state index in [0.717, 1.165) is 44.8 Å². The van der Waals surface area contributed by atoms with Crippen LogP contribution in [-0.2, 0) is 4.79 Å². The normalized spacial score (nSPS) is 21.6. The molecule has 0 spiro atoms. The van der Waals surface area contributed by atoms with E-state index in [9.17, 15) is 9.59 Å². The summed E-state index contributed by atoms with van der Waals surface area (Å²) in [6.07, 6.45) is 2.07. The Morgan fingerprint density at radius 2 is 1.64 bits per heavy atom. The predicted molar refractivity (Wildman–Crippen MR) is 130 cm³/mol. The summed E-state index contributed by atoms with van der Waals surface area (Å²) in [7, 11) is 2.08. The molecule has 0 N–H and O–H groups in total. The molecule has 2 saturated heterocycles. The number of halogens is 1. The standard InChI is InChI=1S/C26H32ClN3O3/c1-28-14-16-29(17-15-28)24(31)18-26(20-33-23-6-3-2-4-7-23)12-5-13-30(19-26)25(32)21-8-10-22(27)11-9-21/h2-4,6-11H,5,12-20H2,1H3/t26-/m1/s1. The van der Waals surface area contributed by atoms with Crippen LogP contribution in [-0.4, -0.2) is 79.4 Å². The number of likely N-dealkylation sites (tertiary alicyclic amines) is 1. The second-order valence-corrected chi connectivity index (χ2v) is 9.74. The predicted octanol–water partition coefficient (Wildman–Crippen LogP) is 3.81. The lowest BCUT2D eigenvalue weighted by Crippen LogP contribution is -2.53. The largest absolute Gasteiger partial charge is 0.493 e. The zero-order valence-electron chi connectivity index (χ0n) is 19.2. The minimum atomic E-state index is -0.420. The molecule has 0 aromatic heterocycles. The summed E-state index contributed by atoms with van der Waals surface area (Å²) in [4.78, 5) is 32.6. The average Bonchev–Trinajstić information content (AvgIpc) is 2.84. The number of benzene rings is 2. The number of hydrogen-bond donors (Lipinski definition) is 0. The molecule has 0 bridgehead atoms. The average molecular weight is 470 g/mol. The molecule has 176 valence electrons. The minimum absolute atomic E-state index is 0.0255. The number of amides is 2. The third-order valence-electron chi connectivity index (χ3n) is 6.71. The smallest absolute Gasteiger partial charge is 0.253 e. The Labute approximate surface area is 201 Å². The van der Waals surface area contributed by atoms with Gasteiger partial charge in [-0.25, -0.2) is 0 Å². The summed E-state index contributed by atoms with van der Waals surface area (Å²) in [5.74, 6) is 0.910. The van der Waals surface area contributed by atoms with Gasteiger partial charge in [-0.1, -0.05) is 29.8 Å². The van der Waals surface area contributed by atoms with Gasteiger partial charge >= 0.3 is 0 Å². The van der Waals surface area contributed by atoms with E-state index in [0.29, 0.717) is 36.7 Å². The number of rotatable bonds is 6. The van der Waals surface area contributed by atoms with Crippen molar-refractivity contribution in [3.05, 3.63) is 65.2 Å². The molecule has 2 aromatic carbocycles. The summed E-state index contributed by atoms with van der Waals surface area (Å²) in [6.45, 7) is 4.86. The molecule has 0 saturated carbocycles. The number of para-hydroxylation sites is 1. The van der Waals surface area contributed by atoms with E-state index >= 15 is 0 Å². The molecule has 4 rings (SSSR count). The first kappa shape index (κ1) is 23.6. The molecular weight excluding hydrogens is 438 g/mol. The van der Waals surface area contributed by atoms with Crippen LogP contribution in [0.5, 0.6) is 5.75 Å². The molecule has 7 heteroatoms. The minimum Gasteiger partial charge on any atom is -0.493 e. The Bertz CT molecular complexity index is 945. The van der Waals surface area contributed by atoms with Crippen molar-refractivity contribution in [2.24, 2.45) is 5.41 Å². The third kappa shape index (κ3) is 6.06. The van der Waals surface area contributed by atoms with Crippen LogP contribution in [0.15, 0.2) is 54.6 Å². The number of ether oxygens (including phenoxy) is 1. The highest BCUT2D eigenvalue weighted by molar-refractivity contribution is 6.30. The molecule has 0 aliphatic carbocycles. The van der Waals surface area contributed by atoms with Crippen LogP contribution in [0.4, 0.5) is 0 Å². The second kappa shape index (κ2) is 10.6. The SMILES string of the molecule is CN1CCN(C(=O)C[C@]2(COc3ccccc3)CCCN(C(=O)c3ccc(Cl)cc3)C2)CC1. The fraction of sp³-hybridized carbons (Fsp3) is 0.462. The van der Waals surface area contributed by atoms with Crippen molar-refractivity contribution in [2.45, 2.75) is 19.3 Å². The first-order valence-corrected chi connectivity index (χ1v) is 12.0. The van der Waals surface area contributed by atoms with Gasteiger partial charge in [0, 0.05) is 61.7 Å². The van der Waals surface area contributed by atoms with Crippen molar-refractivity contribution in [3.63, 3.8) is 0 Å². The lowest BCUT2D eigenvalue weighted by molar-refractivity contribution is -0.137. The van der Waals surface area contributed by atoms with Gasteiger partial charge in [0.2, 0.25) is 5.91 Å². The molecule has 2 aromatic rings. The molecule has 1 atom stereocenters. The number of nitrogens with zero attached hydrogens (tertiary/aromatic N) is 3. The Balaban J connectivity index is 1.51. The van der Waals surface area contributed by atoms with Gasteiger partial charge in [-0.15, -0.1) is 0 Å². The highest BCUT2D eigenvalue weighted by Crippen LogP contribution is 2.36. The van der Waals surface area contributed by atoms with Crippen molar-refractivity contribution in [1.29, 1.82) is 0 Å². The number of piperidine rings is 1. The molecule has 2 aliphatic rings. The fourth-order valence-corrected chi connectivity index (χ4v) is 4.84. The highest BCUT2D eigenvalue weighted by atomic mass is 35.5. The quantitative estimate of drug-likeness (QED) is 0.645. The number of likely N-dealkylation sites (N-methyl/N-ethyl adjacent to an activating group) is 1. The zero-order chi connectivity index (χ0) is 23.3. The van der Waals surface area contributed by atoms with Crippen molar-refractivity contribution in [1.82, 2.24) is 14.7 Å². The van der Waals surface area contributed by atoms with Gasteiger partial charge in [0.15, 0.2) is 0 Å². The molecule has 0 unspecified atom stereocenters. The van der Waals surface area contributed by atoms with Crippen LogP contribution in [0.2, 0.25) is 5.02 Å². The highest BCUT2D eigenvalue weighted by Gasteiger charge is 2.41. The molecule has 6 nitrogen and oxygen atoms in total. The third-order valence-corrected chi connectivity index (χ3v) is 6.96. The lowest BCUT2D eigenvalue weighted by Gasteiger charge is -2.43. The number of carbonyl (C=O) groups excluding carboxylic acids is 2. The fourth-order valence-electron chi connectivity index (χ4n) is 4.71. The first-order valence-electron chi connectivity index (χ1n) is 11.6. The van der Waals surface area contributed by atoms with Gasteiger partial charge in [-0.05, 0) is 56.3 Å². The van der Waals surface area contributed by atoms with E-state index in [2.05, 4.69) is 11.9 Å². The molecule has 2 heterocycles. The van der Waals surface area contributed by atoms with E-state index in [4.69, 9.17) is 16.3 Å². The maximum absolute atomic E-state index is 13.3. The monoisotopic (exact) mass is 469 g/mol. The van der Waals surface area contributed by atoms with E-state index < -0.39 is 5.41 Å². The van der Waals surface area contributed by atoms with E-state index in [1.807, 2.05) is 40.1 Å². The van der Waals surface area contributed by atoms with Gasteiger partial charge in [0.05, 0.1) is 6.61 Å². The maximum Gasteiger partial charge on any atom is 0.253 e. The van der Waals surface area contributed by atoms with E-state index in [-0.39, 0.29) is 11.8 Å². The Morgan fingerprint density at radius 3 is 2.33 bits per heavy atom. The lowest BCUT2D eigenvalue weighted by atomic mass is 9.77. The summed E-state index contributed by atoms with van der Waals surface area (Å²) in [5.41, 5.74) is 0.195. The van der Waals surface area contributed by atoms with E-state index in [1.165, 1.54) is 0 Å². The van der Waals surface area contributed by atoms with Crippen LogP contribution in [0.3, 0.4) is 0 Å². The van der Waals surface area contributed by atoms with Gasteiger partial charge in [-0.2, -0.15) is 0 Å². The number of piperazine rings is 1. The topological polar surface area (TPSA) is 53.1 Å². The van der Waals surface area contributed by atoms with Crippen molar-refractivity contribution in [3.8, 4) is 5.75 Å². The van der Waals surface area contributed by atoms with Gasteiger partial charge < -0.3 is 19.4 Å². The summed E-state index contributed by atoms with van der Waals surface area (Å²) < 4.78 is 6.17. The molecular formula is C26H32ClN3O3. The van der Waals surface area contributed by atoms with Crippen LogP contribution in [0.25, 0.3) is 0 Å². The second-order valence-electron chi connectivity index (χ2n) is 9.30. The number of hydrogen-bond acceptors (Lipinski definition) is 4. The van der Waals surface area contributed by atoms with Gasteiger partial charge in [-0.3, -0.25) is 9.59 Å². The maximum atomic E-state index is 13.3. The Hall–Kier alpha value is -2.57. The zero-order valence-corrected chi connectivity index (χ0v) is 20.0. The molecule has 33 heavy (non-hydrogen) atoms. The summed E-state index contributed by atoms with van der Waals surface area (Å²) in [5, 5.41) is 0.605. The van der Waals surface area contributed by atoms with Crippen molar-refractivity contribution in [2.75, 3.05) is 52.9 Å². The molecule has 0 radical (unpaired) electrons. The summed E-state index contributed by atoms with van der Waals surface area (Å²) >= 11 is 6.00.